The zero-order valence-electron chi connectivity index (χ0n) is 12.4. The summed E-state index contributed by atoms with van der Waals surface area (Å²) in [6.45, 7) is 0.565. The molecule has 0 unspecified atom stereocenters. The van der Waals surface area contributed by atoms with Crippen molar-refractivity contribution in [3.05, 3.63) is 48.0 Å². The maximum atomic E-state index is 12.4. The van der Waals surface area contributed by atoms with Gasteiger partial charge in [-0.2, -0.15) is 0 Å². The first-order valence-electron chi connectivity index (χ1n) is 7.39. The number of carbonyl (C=O) groups is 2. The molecular formula is C16H17N3O4. The van der Waals surface area contributed by atoms with Crippen LogP contribution < -0.4 is 4.74 Å². The van der Waals surface area contributed by atoms with Gasteiger partial charge in [0.25, 0.3) is 0 Å². The molecule has 1 aromatic heterocycles. The third-order valence-corrected chi connectivity index (χ3v) is 3.81. The van der Waals surface area contributed by atoms with Crippen LogP contribution in [0.1, 0.15) is 23.9 Å². The molecule has 0 saturated carbocycles. The van der Waals surface area contributed by atoms with Crippen molar-refractivity contribution in [1.29, 1.82) is 0 Å². The largest absolute Gasteiger partial charge is 0.493 e. The predicted octanol–water partition coefficient (Wildman–Crippen LogP) is 1.39. The van der Waals surface area contributed by atoms with Crippen LogP contribution in [0.2, 0.25) is 0 Å². The van der Waals surface area contributed by atoms with Gasteiger partial charge in [0.05, 0.1) is 25.0 Å². The molecule has 0 radical (unpaired) electrons. The van der Waals surface area contributed by atoms with Gasteiger partial charge in [0.15, 0.2) is 6.04 Å². The van der Waals surface area contributed by atoms with E-state index in [9.17, 15) is 14.7 Å². The van der Waals surface area contributed by atoms with Gasteiger partial charge in [-0.3, -0.25) is 4.79 Å². The van der Waals surface area contributed by atoms with Crippen LogP contribution in [0.25, 0.3) is 0 Å². The zero-order valence-corrected chi connectivity index (χ0v) is 12.4. The highest BCUT2D eigenvalue weighted by molar-refractivity contribution is 5.85. The Labute approximate surface area is 132 Å². The van der Waals surface area contributed by atoms with Crippen molar-refractivity contribution in [2.24, 2.45) is 0 Å². The van der Waals surface area contributed by atoms with Crippen molar-refractivity contribution >= 4 is 11.9 Å². The van der Waals surface area contributed by atoms with E-state index in [1.807, 2.05) is 18.2 Å². The van der Waals surface area contributed by atoms with Gasteiger partial charge in [-0.15, -0.1) is 0 Å². The SMILES string of the molecule is O=C(O)[C@H]1c2nc[nH]c2CCN1C(=O)CCOc1ccccc1. The standard InChI is InChI=1S/C16H17N3O4/c20-13(7-9-23-11-4-2-1-3-5-11)19-8-6-12-14(18-10-17-12)15(19)16(21)22/h1-5,10,15H,6-9H2,(H,17,18)(H,21,22)/t15-/m1/s1. The first-order chi connectivity index (χ1) is 11.2. The van der Waals surface area contributed by atoms with Gasteiger partial charge in [0.1, 0.15) is 5.75 Å². The van der Waals surface area contributed by atoms with Crippen LogP contribution in [0.4, 0.5) is 0 Å². The molecule has 2 N–H and O–H groups in total. The number of carbonyl (C=O) groups excluding carboxylic acids is 1. The number of amides is 1. The van der Waals surface area contributed by atoms with Crippen LogP contribution in [-0.4, -0.2) is 45.0 Å². The first-order valence-corrected chi connectivity index (χ1v) is 7.39. The van der Waals surface area contributed by atoms with Gasteiger partial charge in [-0.25, -0.2) is 9.78 Å². The fourth-order valence-electron chi connectivity index (χ4n) is 2.71. The van der Waals surface area contributed by atoms with Crippen molar-refractivity contribution in [1.82, 2.24) is 14.9 Å². The fourth-order valence-corrected chi connectivity index (χ4v) is 2.71. The number of rotatable bonds is 5. The van der Waals surface area contributed by atoms with Gasteiger partial charge in [-0.05, 0) is 12.1 Å². The molecule has 1 aromatic carbocycles. The number of benzene rings is 1. The number of aromatic nitrogens is 2. The number of carboxylic acids is 1. The summed E-state index contributed by atoms with van der Waals surface area (Å²) in [7, 11) is 0. The van der Waals surface area contributed by atoms with E-state index >= 15 is 0 Å². The third-order valence-electron chi connectivity index (χ3n) is 3.81. The number of carboxylic acid groups (broad SMARTS) is 1. The lowest BCUT2D eigenvalue weighted by atomic mass is 10.0. The molecule has 0 aliphatic carbocycles. The number of para-hydroxylation sites is 1. The fraction of sp³-hybridized carbons (Fsp3) is 0.312. The number of aliphatic carboxylic acids is 1. The Bertz CT molecular complexity index is 698. The highest BCUT2D eigenvalue weighted by atomic mass is 16.5. The Morgan fingerprint density at radius 3 is 2.87 bits per heavy atom. The van der Waals surface area contributed by atoms with Crippen molar-refractivity contribution in [2.45, 2.75) is 18.9 Å². The normalized spacial score (nSPS) is 16.7. The van der Waals surface area contributed by atoms with Gasteiger partial charge in [-0.1, -0.05) is 18.2 Å². The quantitative estimate of drug-likeness (QED) is 0.869. The minimum absolute atomic E-state index is 0.123. The number of nitrogens with one attached hydrogen (secondary N) is 1. The van der Waals surface area contributed by atoms with E-state index < -0.39 is 12.0 Å². The van der Waals surface area contributed by atoms with Crippen LogP contribution in [0, 0.1) is 0 Å². The molecule has 1 amide bonds. The number of nitrogens with zero attached hydrogens (tertiary/aromatic N) is 2. The number of ether oxygens (including phenoxy) is 1. The number of aromatic amines is 1. The number of imidazole rings is 1. The summed E-state index contributed by atoms with van der Waals surface area (Å²) in [4.78, 5) is 32.3. The summed E-state index contributed by atoms with van der Waals surface area (Å²) in [6, 6.07) is 8.16. The minimum Gasteiger partial charge on any atom is -0.493 e. The lowest BCUT2D eigenvalue weighted by molar-refractivity contribution is -0.151. The Morgan fingerprint density at radius 1 is 1.35 bits per heavy atom. The van der Waals surface area contributed by atoms with Crippen molar-refractivity contribution < 1.29 is 19.4 Å². The number of H-pyrrole nitrogens is 1. The topological polar surface area (TPSA) is 95.5 Å². The smallest absolute Gasteiger partial charge is 0.332 e. The third kappa shape index (κ3) is 3.18. The summed E-state index contributed by atoms with van der Waals surface area (Å²) in [5.41, 5.74) is 1.20. The highest BCUT2D eigenvalue weighted by Crippen LogP contribution is 2.28. The van der Waals surface area contributed by atoms with Crippen LogP contribution >= 0.6 is 0 Å². The molecule has 0 fully saturated rings. The second kappa shape index (κ2) is 6.51. The Morgan fingerprint density at radius 2 is 2.13 bits per heavy atom. The van der Waals surface area contributed by atoms with Gasteiger partial charge < -0.3 is 19.7 Å². The summed E-state index contributed by atoms with van der Waals surface area (Å²) in [6.07, 6.45) is 2.16. The van der Waals surface area contributed by atoms with Crippen LogP contribution in [0.3, 0.4) is 0 Å². The maximum absolute atomic E-state index is 12.4. The molecule has 1 aliphatic heterocycles. The first kappa shape index (κ1) is 15.1. The van der Waals surface area contributed by atoms with Crippen molar-refractivity contribution in [2.75, 3.05) is 13.2 Å². The van der Waals surface area contributed by atoms with Gasteiger partial charge in [0.2, 0.25) is 5.91 Å². The molecule has 23 heavy (non-hydrogen) atoms. The maximum Gasteiger partial charge on any atom is 0.332 e. The van der Waals surface area contributed by atoms with E-state index in [4.69, 9.17) is 4.74 Å². The molecule has 7 nitrogen and oxygen atoms in total. The molecule has 0 spiro atoms. The molecule has 120 valence electrons. The van der Waals surface area contributed by atoms with E-state index in [1.165, 1.54) is 11.2 Å². The van der Waals surface area contributed by atoms with Crippen molar-refractivity contribution in [3.63, 3.8) is 0 Å². The summed E-state index contributed by atoms with van der Waals surface area (Å²) >= 11 is 0. The zero-order chi connectivity index (χ0) is 16.2. The Balaban J connectivity index is 1.63. The predicted molar refractivity (Wildman–Crippen MR) is 80.9 cm³/mol. The molecule has 1 aliphatic rings. The molecule has 0 bridgehead atoms. The van der Waals surface area contributed by atoms with Gasteiger partial charge >= 0.3 is 5.97 Å². The summed E-state index contributed by atoms with van der Waals surface area (Å²) < 4.78 is 5.50. The van der Waals surface area contributed by atoms with E-state index in [1.54, 1.807) is 12.1 Å². The average molecular weight is 315 g/mol. The average Bonchev–Trinajstić information content (AvgIpc) is 3.03. The number of fused-ring (bicyclic) bond motifs is 1. The molecule has 3 rings (SSSR count). The lowest BCUT2D eigenvalue weighted by Gasteiger charge is -2.32. The second-order valence-electron chi connectivity index (χ2n) is 5.26. The molecular weight excluding hydrogens is 298 g/mol. The van der Waals surface area contributed by atoms with E-state index in [0.717, 1.165) is 5.69 Å². The van der Waals surface area contributed by atoms with Crippen molar-refractivity contribution in [3.8, 4) is 5.75 Å². The molecule has 1 atom stereocenters. The van der Waals surface area contributed by atoms with E-state index in [0.29, 0.717) is 24.4 Å². The Hall–Kier alpha value is -2.83. The minimum atomic E-state index is -1.07. The van der Waals surface area contributed by atoms with Crippen LogP contribution in [0.5, 0.6) is 5.75 Å². The van der Waals surface area contributed by atoms with Crippen LogP contribution in [0.15, 0.2) is 36.7 Å². The van der Waals surface area contributed by atoms with E-state index in [2.05, 4.69) is 9.97 Å². The van der Waals surface area contributed by atoms with E-state index in [-0.39, 0.29) is 18.9 Å². The molecule has 7 heteroatoms. The molecule has 0 saturated heterocycles. The lowest BCUT2D eigenvalue weighted by Crippen LogP contribution is -2.44. The van der Waals surface area contributed by atoms with Gasteiger partial charge in [0, 0.05) is 18.7 Å². The monoisotopic (exact) mass is 315 g/mol. The molecule has 2 aromatic rings. The summed E-state index contributed by atoms with van der Waals surface area (Å²) in [5.74, 6) is -0.638. The second-order valence-corrected chi connectivity index (χ2v) is 5.26. The summed E-state index contributed by atoms with van der Waals surface area (Å²) in [5, 5.41) is 9.45. The molecule has 2 heterocycles. The number of hydrogen-bond donors (Lipinski definition) is 2. The van der Waals surface area contributed by atoms with Crippen LogP contribution in [-0.2, 0) is 16.0 Å². The number of hydrogen-bond acceptors (Lipinski definition) is 4. The Kier molecular flexibility index (Phi) is 4.27. The highest BCUT2D eigenvalue weighted by Gasteiger charge is 2.37.